The van der Waals surface area contributed by atoms with Crippen LogP contribution in [0.25, 0.3) is 0 Å². The molecule has 0 saturated carbocycles. The van der Waals surface area contributed by atoms with Gasteiger partial charge in [-0.05, 0) is 53.4 Å². The Bertz CT molecular complexity index is 889. The average Bonchev–Trinajstić information content (AvgIpc) is 3.16. The van der Waals surface area contributed by atoms with Gasteiger partial charge in [-0.25, -0.2) is 0 Å². The monoisotopic (exact) mass is 333 g/mol. The van der Waals surface area contributed by atoms with Gasteiger partial charge in [0, 0.05) is 29.5 Å². The standard InChI is InChI=1S/C20H19N3O2/c1-2-3-18-16-6-5-15(9-14(16)11-21-18)22-20(25)12-4-7-17-13(8-12)10-19(24)23-17/h2,4-9,18,21H,1,3,10-11H2,(H,22,25)(H,23,24)/t18-/m1/s1. The van der Waals surface area contributed by atoms with Crippen molar-refractivity contribution < 1.29 is 9.59 Å². The highest BCUT2D eigenvalue weighted by atomic mass is 16.2. The molecule has 4 rings (SSSR count). The van der Waals surface area contributed by atoms with E-state index in [2.05, 4.69) is 28.6 Å². The largest absolute Gasteiger partial charge is 0.326 e. The lowest BCUT2D eigenvalue weighted by molar-refractivity contribution is -0.115. The first-order chi connectivity index (χ1) is 12.1. The normalized spacial score (nSPS) is 17.6. The second kappa shape index (κ2) is 6.18. The zero-order valence-corrected chi connectivity index (χ0v) is 13.8. The molecule has 25 heavy (non-hydrogen) atoms. The lowest BCUT2D eigenvalue weighted by atomic mass is 10.0. The SMILES string of the molecule is C=CC[C@H]1NCc2cc(NC(=O)c3ccc4c(c3)CC(=O)N4)ccc21. The first kappa shape index (κ1) is 15.6. The summed E-state index contributed by atoms with van der Waals surface area (Å²) in [6.45, 7) is 4.59. The number of nitrogens with one attached hydrogen (secondary N) is 3. The summed E-state index contributed by atoms with van der Waals surface area (Å²) < 4.78 is 0. The fourth-order valence-corrected chi connectivity index (χ4v) is 3.47. The van der Waals surface area contributed by atoms with E-state index in [0.717, 1.165) is 29.9 Å². The molecule has 2 aromatic carbocycles. The molecule has 5 nitrogen and oxygen atoms in total. The first-order valence-corrected chi connectivity index (χ1v) is 8.35. The maximum atomic E-state index is 12.5. The molecule has 2 aliphatic rings. The summed E-state index contributed by atoms with van der Waals surface area (Å²) in [7, 11) is 0. The van der Waals surface area contributed by atoms with Crippen LogP contribution in [0.4, 0.5) is 11.4 Å². The molecule has 1 atom stereocenters. The van der Waals surface area contributed by atoms with Crippen molar-refractivity contribution in [3.63, 3.8) is 0 Å². The van der Waals surface area contributed by atoms with Gasteiger partial charge < -0.3 is 16.0 Å². The average molecular weight is 333 g/mol. The van der Waals surface area contributed by atoms with Gasteiger partial charge in [0.2, 0.25) is 5.91 Å². The Balaban J connectivity index is 1.51. The summed E-state index contributed by atoms with van der Waals surface area (Å²) in [4.78, 5) is 23.9. The van der Waals surface area contributed by atoms with Crippen LogP contribution in [0.2, 0.25) is 0 Å². The molecule has 126 valence electrons. The van der Waals surface area contributed by atoms with E-state index in [9.17, 15) is 9.59 Å². The minimum atomic E-state index is -0.171. The summed E-state index contributed by atoms with van der Waals surface area (Å²) >= 11 is 0. The van der Waals surface area contributed by atoms with Crippen LogP contribution in [0.5, 0.6) is 0 Å². The molecule has 0 aromatic heterocycles. The van der Waals surface area contributed by atoms with Gasteiger partial charge in [-0.2, -0.15) is 0 Å². The lowest BCUT2D eigenvalue weighted by Crippen LogP contribution is -2.12. The molecule has 0 bridgehead atoms. The van der Waals surface area contributed by atoms with Gasteiger partial charge in [0.15, 0.2) is 0 Å². The van der Waals surface area contributed by atoms with Crippen molar-refractivity contribution in [1.29, 1.82) is 0 Å². The molecule has 0 aliphatic carbocycles. The summed E-state index contributed by atoms with van der Waals surface area (Å²) in [5.74, 6) is -0.205. The predicted molar refractivity (Wildman–Crippen MR) is 97.6 cm³/mol. The van der Waals surface area contributed by atoms with Crippen LogP contribution in [0.3, 0.4) is 0 Å². The molecule has 0 saturated heterocycles. The predicted octanol–water partition coefficient (Wildman–Crippen LogP) is 3.15. The van der Waals surface area contributed by atoms with Gasteiger partial charge in [0.05, 0.1) is 6.42 Å². The molecule has 0 fully saturated rings. The van der Waals surface area contributed by atoms with Crippen molar-refractivity contribution in [2.45, 2.75) is 25.4 Å². The van der Waals surface area contributed by atoms with Gasteiger partial charge in [-0.3, -0.25) is 9.59 Å². The lowest BCUT2D eigenvalue weighted by Gasteiger charge is -2.11. The third-order valence-electron chi connectivity index (χ3n) is 4.71. The fourth-order valence-electron chi connectivity index (χ4n) is 3.47. The van der Waals surface area contributed by atoms with Gasteiger partial charge >= 0.3 is 0 Å². The Kier molecular flexibility index (Phi) is 3.86. The summed E-state index contributed by atoms with van der Waals surface area (Å²) in [5.41, 5.74) is 5.45. The Hall–Kier alpha value is -2.92. The molecule has 0 spiro atoms. The first-order valence-electron chi connectivity index (χ1n) is 8.35. The Morgan fingerprint density at radius 2 is 2.12 bits per heavy atom. The van der Waals surface area contributed by atoms with Crippen LogP contribution in [-0.2, 0) is 17.8 Å². The molecular weight excluding hydrogens is 314 g/mol. The van der Waals surface area contributed by atoms with E-state index in [1.54, 1.807) is 18.2 Å². The highest BCUT2D eigenvalue weighted by Crippen LogP contribution is 2.30. The van der Waals surface area contributed by atoms with Crippen molar-refractivity contribution in [3.05, 3.63) is 71.3 Å². The Labute approximate surface area is 146 Å². The maximum Gasteiger partial charge on any atom is 0.255 e. The number of carbonyl (C=O) groups excluding carboxylic acids is 2. The van der Waals surface area contributed by atoms with Crippen LogP contribution < -0.4 is 16.0 Å². The number of hydrogen-bond donors (Lipinski definition) is 3. The minimum absolute atomic E-state index is 0.0345. The number of hydrogen-bond acceptors (Lipinski definition) is 3. The van der Waals surface area contributed by atoms with Crippen molar-refractivity contribution in [2.24, 2.45) is 0 Å². The van der Waals surface area contributed by atoms with Crippen LogP contribution in [0.1, 0.15) is 39.5 Å². The van der Waals surface area contributed by atoms with E-state index in [4.69, 9.17) is 0 Å². The summed E-state index contributed by atoms with van der Waals surface area (Å²) in [6, 6.07) is 11.6. The third kappa shape index (κ3) is 2.94. The summed E-state index contributed by atoms with van der Waals surface area (Å²) in [6.07, 6.45) is 3.13. The van der Waals surface area contributed by atoms with Crippen molar-refractivity contribution >= 4 is 23.2 Å². The van der Waals surface area contributed by atoms with E-state index < -0.39 is 0 Å². The zero-order valence-electron chi connectivity index (χ0n) is 13.8. The molecule has 2 aliphatic heterocycles. The van der Waals surface area contributed by atoms with E-state index in [0.29, 0.717) is 18.0 Å². The Morgan fingerprint density at radius 1 is 1.24 bits per heavy atom. The molecule has 2 aromatic rings. The molecule has 2 heterocycles. The van der Waals surface area contributed by atoms with E-state index >= 15 is 0 Å². The van der Waals surface area contributed by atoms with Crippen LogP contribution in [0, 0.1) is 0 Å². The summed E-state index contributed by atoms with van der Waals surface area (Å²) in [5, 5.41) is 9.16. The van der Waals surface area contributed by atoms with Gasteiger partial charge in [0.1, 0.15) is 0 Å². The number of benzene rings is 2. The highest BCUT2D eigenvalue weighted by molar-refractivity contribution is 6.06. The number of anilines is 2. The number of fused-ring (bicyclic) bond motifs is 2. The molecule has 3 N–H and O–H groups in total. The second-order valence-electron chi connectivity index (χ2n) is 6.42. The molecule has 0 radical (unpaired) electrons. The smallest absolute Gasteiger partial charge is 0.255 e. The molecule has 2 amide bonds. The van der Waals surface area contributed by atoms with Crippen molar-refractivity contribution in [3.8, 4) is 0 Å². The number of carbonyl (C=O) groups is 2. The third-order valence-corrected chi connectivity index (χ3v) is 4.71. The topological polar surface area (TPSA) is 70.2 Å². The molecule has 5 heteroatoms. The van der Waals surface area contributed by atoms with Gasteiger partial charge in [-0.1, -0.05) is 12.1 Å². The van der Waals surface area contributed by atoms with E-state index in [-0.39, 0.29) is 11.8 Å². The Morgan fingerprint density at radius 3 is 2.96 bits per heavy atom. The van der Waals surface area contributed by atoms with Crippen LogP contribution in [-0.4, -0.2) is 11.8 Å². The highest BCUT2D eigenvalue weighted by Gasteiger charge is 2.22. The van der Waals surface area contributed by atoms with Crippen LogP contribution >= 0.6 is 0 Å². The molecular formula is C20H19N3O2. The van der Waals surface area contributed by atoms with E-state index in [1.807, 2.05) is 18.2 Å². The molecule has 0 unspecified atom stereocenters. The number of amides is 2. The number of rotatable bonds is 4. The quantitative estimate of drug-likeness (QED) is 0.753. The van der Waals surface area contributed by atoms with Crippen LogP contribution in [0.15, 0.2) is 49.1 Å². The van der Waals surface area contributed by atoms with Crippen molar-refractivity contribution in [1.82, 2.24) is 5.32 Å². The van der Waals surface area contributed by atoms with Gasteiger partial charge in [0.25, 0.3) is 5.91 Å². The fraction of sp³-hybridized carbons (Fsp3) is 0.200. The second-order valence-corrected chi connectivity index (χ2v) is 6.42. The van der Waals surface area contributed by atoms with Crippen molar-refractivity contribution in [2.75, 3.05) is 10.6 Å². The maximum absolute atomic E-state index is 12.5. The van der Waals surface area contributed by atoms with Gasteiger partial charge in [-0.15, -0.1) is 6.58 Å². The van der Waals surface area contributed by atoms with E-state index in [1.165, 1.54) is 11.1 Å². The zero-order chi connectivity index (χ0) is 17.4. The minimum Gasteiger partial charge on any atom is -0.326 e.